The summed E-state index contributed by atoms with van der Waals surface area (Å²) in [7, 11) is 2.94. The topological polar surface area (TPSA) is 116 Å². The number of rotatable bonds is 11. The van der Waals surface area contributed by atoms with E-state index in [0.29, 0.717) is 28.5 Å². The third-order valence-electron chi connectivity index (χ3n) is 4.71. The molecular formula is C26H24N2O7. The molecule has 0 unspecified atom stereocenters. The summed E-state index contributed by atoms with van der Waals surface area (Å²) in [6, 6.07) is 20.2. The summed E-state index contributed by atoms with van der Waals surface area (Å²) < 4.78 is 26.8. The van der Waals surface area contributed by atoms with Crippen molar-refractivity contribution in [1.82, 2.24) is 0 Å². The molecule has 0 aromatic heterocycles. The van der Waals surface area contributed by atoms with Crippen molar-refractivity contribution < 1.29 is 33.3 Å². The van der Waals surface area contributed by atoms with E-state index in [-0.39, 0.29) is 37.0 Å². The Balaban J connectivity index is 1.49. The average Bonchev–Trinajstić information content (AvgIpc) is 2.90. The van der Waals surface area contributed by atoms with Crippen LogP contribution in [-0.4, -0.2) is 45.9 Å². The second kappa shape index (κ2) is 12.5. The fraction of sp³-hybridized carbons (Fsp3) is 0.192. The van der Waals surface area contributed by atoms with Gasteiger partial charge in [-0.2, -0.15) is 5.26 Å². The van der Waals surface area contributed by atoms with Gasteiger partial charge in [0.25, 0.3) is 5.91 Å². The van der Waals surface area contributed by atoms with Gasteiger partial charge < -0.3 is 29.0 Å². The molecule has 9 nitrogen and oxygen atoms in total. The van der Waals surface area contributed by atoms with Gasteiger partial charge in [0.15, 0.2) is 18.1 Å². The monoisotopic (exact) mass is 476 g/mol. The number of hydrogen-bond acceptors (Lipinski definition) is 8. The lowest BCUT2D eigenvalue weighted by atomic mass is 10.2. The van der Waals surface area contributed by atoms with Gasteiger partial charge in [-0.1, -0.05) is 12.1 Å². The first-order valence-electron chi connectivity index (χ1n) is 10.6. The Kier molecular flexibility index (Phi) is 8.91. The lowest BCUT2D eigenvalue weighted by molar-refractivity contribution is -0.118. The van der Waals surface area contributed by atoms with Crippen LogP contribution >= 0.6 is 0 Å². The van der Waals surface area contributed by atoms with Gasteiger partial charge in [0.2, 0.25) is 0 Å². The molecule has 0 atom stereocenters. The van der Waals surface area contributed by atoms with E-state index in [2.05, 4.69) is 5.32 Å². The molecule has 180 valence electrons. The van der Waals surface area contributed by atoms with E-state index in [9.17, 15) is 9.59 Å². The third-order valence-corrected chi connectivity index (χ3v) is 4.71. The number of carbonyl (C=O) groups excluding carboxylic acids is 2. The van der Waals surface area contributed by atoms with Crippen LogP contribution in [0.3, 0.4) is 0 Å². The average molecular weight is 476 g/mol. The van der Waals surface area contributed by atoms with Crippen molar-refractivity contribution in [3.63, 3.8) is 0 Å². The number of methoxy groups -OCH3 is 2. The number of anilines is 1. The van der Waals surface area contributed by atoms with Crippen LogP contribution in [0.25, 0.3) is 0 Å². The molecule has 0 bridgehead atoms. The van der Waals surface area contributed by atoms with Crippen molar-refractivity contribution in [3.8, 4) is 29.1 Å². The van der Waals surface area contributed by atoms with E-state index >= 15 is 0 Å². The van der Waals surface area contributed by atoms with E-state index in [1.54, 1.807) is 48.5 Å². The highest BCUT2D eigenvalue weighted by Gasteiger charge is 2.14. The number of nitrogens with one attached hydrogen (secondary N) is 1. The van der Waals surface area contributed by atoms with Gasteiger partial charge in [-0.25, -0.2) is 4.79 Å². The number of hydrogen-bond donors (Lipinski definition) is 1. The number of carbonyl (C=O) groups is 2. The van der Waals surface area contributed by atoms with Crippen molar-refractivity contribution >= 4 is 17.6 Å². The second-order valence-electron chi connectivity index (χ2n) is 7.02. The summed E-state index contributed by atoms with van der Waals surface area (Å²) in [6.45, 7) is -0.0926. The van der Waals surface area contributed by atoms with Crippen LogP contribution < -0.4 is 24.3 Å². The number of para-hydroxylation sites is 2. The molecule has 3 aromatic carbocycles. The van der Waals surface area contributed by atoms with Crippen LogP contribution in [-0.2, 0) is 9.53 Å². The van der Waals surface area contributed by atoms with Gasteiger partial charge in [-0.05, 0) is 54.6 Å². The van der Waals surface area contributed by atoms with Crippen LogP contribution in [0.5, 0.6) is 23.0 Å². The van der Waals surface area contributed by atoms with E-state index in [1.807, 2.05) is 6.07 Å². The number of nitriles is 1. The lowest BCUT2D eigenvalue weighted by Gasteiger charge is -2.13. The zero-order valence-corrected chi connectivity index (χ0v) is 19.3. The van der Waals surface area contributed by atoms with Crippen molar-refractivity contribution in [2.45, 2.75) is 0 Å². The number of nitrogens with zero attached hydrogens (tertiary/aromatic N) is 1. The number of benzene rings is 3. The zero-order valence-electron chi connectivity index (χ0n) is 19.3. The number of ether oxygens (including phenoxy) is 5. The minimum Gasteiger partial charge on any atom is -0.495 e. The molecule has 3 rings (SSSR count). The highest BCUT2D eigenvalue weighted by Crippen LogP contribution is 2.29. The standard InChI is InChI=1S/C26H24N2O7/c1-31-22-6-4-3-5-21(22)28-25(29)17-35-23-12-9-19(15-24(23)32-2)26(30)34-14-13-33-20-10-7-18(16-27)8-11-20/h3-12,15H,13-14,17H2,1-2H3,(H,28,29). The zero-order chi connectivity index (χ0) is 25.0. The summed E-state index contributed by atoms with van der Waals surface area (Å²) >= 11 is 0. The maximum Gasteiger partial charge on any atom is 0.338 e. The van der Waals surface area contributed by atoms with Crippen LogP contribution in [0, 0.1) is 11.3 Å². The Hall–Kier alpha value is -4.71. The molecule has 0 heterocycles. The molecule has 0 aliphatic heterocycles. The van der Waals surface area contributed by atoms with E-state index in [4.69, 9.17) is 28.9 Å². The first kappa shape index (κ1) is 24.9. The second-order valence-corrected chi connectivity index (χ2v) is 7.02. The van der Waals surface area contributed by atoms with Gasteiger partial charge in [-0.15, -0.1) is 0 Å². The Bertz CT molecular complexity index is 1200. The normalized spacial score (nSPS) is 9.97. The molecular weight excluding hydrogens is 452 g/mol. The highest BCUT2D eigenvalue weighted by atomic mass is 16.6. The van der Waals surface area contributed by atoms with Gasteiger partial charge in [0.05, 0.1) is 37.1 Å². The maximum atomic E-state index is 12.4. The van der Waals surface area contributed by atoms with Crippen molar-refractivity contribution in [2.75, 3.05) is 39.4 Å². The maximum absolute atomic E-state index is 12.4. The molecule has 0 radical (unpaired) electrons. The van der Waals surface area contributed by atoms with Crippen LogP contribution in [0.15, 0.2) is 66.7 Å². The molecule has 0 saturated heterocycles. The SMILES string of the molecule is COc1ccccc1NC(=O)COc1ccc(C(=O)OCCOc2ccc(C#N)cc2)cc1OC. The first-order chi connectivity index (χ1) is 17.0. The summed E-state index contributed by atoms with van der Waals surface area (Å²) in [5, 5.41) is 11.5. The summed E-state index contributed by atoms with van der Waals surface area (Å²) in [6.07, 6.45) is 0. The van der Waals surface area contributed by atoms with E-state index < -0.39 is 5.97 Å². The minimum absolute atomic E-state index is 0.0303. The fourth-order valence-electron chi connectivity index (χ4n) is 2.99. The lowest BCUT2D eigenvalue weighted by Crippen LogP contribution is -2.20. The van der Waals surface area contributed by atoms with E-state index in [1.165, 1.54) is 32.4 Å². The quantitative estimate of drug-likeness (QED) is 0.328. The predicted octanol–water partition coefficient (Wildman–Crippen LogP) is 3.83. The van der Waals surface area contributed by atoms with Crippen LogP contribution in [0.1, 0.15) is 15.9 Å². The molecule has 0 fully saturated rings. The smallest absolute Gasteiger partial charge is 0.338 e. The summed E-state index contributed by atoms with van der Waals surface area (Å²) in [5.41, 5.74) is 1.31. The molecule has 0 saturated carbocycles. The van der Waals surface area contributed by atoms with E-state index in [0.717, 1.165) is 0 Å². The van der Waals surface area contributed by atoms with Crippen molar-refractivity contribution in [1.29, 1.82) is 5.26 Å². The summed E-state index contributed by atoms with van der Waals surface area (Å²) in [5.74, 6) is 0.720. The third kappa shape index (κ3) is 7.14. The fourth-order valence-corrected chi connectivity index (χ4v) is 2.99. The van der Waals surface area contributed by atoms with Gasteiger partial charge >= 0.3 is 5.97 Å². The first-order valence-corrected chi connectivity index (χ1v) is 10.6. The number of esters is 1. The Morgan fingerprint density at radius 2 is 1.60 bits per heavy atom. The molecule has 3 aromatic rings. The molecule has 1 N–H and O–H groups in total. The van der Waals surface area contributed by atoms with Gasteiger partial charge in [-0.3, -0.25) is 4.79 Å². The molecule has 0 aliphatic rings. The predicted molar refractivity (Wildman–Crippen MR) is 127 cm³/mol. The molecule has 35 heavy (non-hydrogen) atoms. The number of amides is 1. The molecule has 0 aliphatic carbocycles. The molecule has 9 heteroatoms. The Morgan fingerprint density at radius 1 is 0.857 bits per heavy atom. The Labute approximate surface area is 202 Å². The van der Waals surface area contributed by atoms with Gasteiger partial charge in [0, 0.05) is 0 Å². The molecule has 1 amide bonds. The summed E-state index contributed by atoms with van der Waals surface area (Å²) in [4.78, 5) is 24.6. The minimum atomic E-state index is -0.563. The van der Waals surface area contributed by atoms with Crippen LogP contribution in [0.4, 0.5) is 5.69 Å². The Morgan fingerprint density at radius 3 is 2.31 bits per heavy atom. The highest BCUT2D eigenvalue weighted by molar-refractivity contribution is 5.93. The van der Waals surface area contributed by atoms with Gasteiger partial charge in [0.1, 0.15) is 24.7 Å². The van der Waals surface area contributed by atoms with Crippen LogP contribution in [0.2, 0.25) is 0 Å². The largest absolute Gasteiger partial charge is 0.495 e. The molecule has 0 spiro atoms. The van der Waals surface area contributed by atoms with Crippen molar-refractivity contribution in [3.05, 3.63) is 77.9 Å². The van der Waals surface area contributed by atoms with Crippen molar-refractivity contribution in [2.24, 2.45) is 0 Å².